The number of aliphatic hydroxyl groups is 1. The molecule has 1 saturated heterocycles. The highest BCUT2D eigenvalue weighted by molar-refractivity contribution is 7.10. The SMILES string of the molecule is OC(c1cccs1)C1CCOCC1. The second kappa shape index (κ2) is 4.22. The first-order chi connectivity index (χ1) is 6.38. The van der Waals surface area contributed by atoms with E-state index in [1.165, 1.54) is 0 Å². The highest BCUT2D eigenvalue weighted by Crippen LogP contribution is 2.31. The van der Waals surface area contributed by atoms with E-state index < -0.39 is 0 Å². The van der Waals surface area contributed by atoms with Crippen LogP contribution in [0.3, 0.4) is 0 Å². The van der Waals surface area contributed by atoms with Gasteiger partial charge in [0.1, 0.15) is 0 Å². The minimum absolute atomic E-state index is 0.274. The summed E-state index contributed by atoms with van der Waals surface area (Å²) < 4.78 is 5.26. The number of aliphatic hydroxyl groups excluding tert-OH is 1. The quantitative estimate of drug-likeness (QED) is 0.789. The van der Waals surface area contributed by atoms with Crippen molar-refractivity contribution in [1.29, 1.82) is 0 Å². The summed E-state index contributed by atoms with van der Waals surface area (Å²) in [7, 11) is 0. The highest BCUT2D eigenvalue weighted by atomic mass is 32.1. The number of ether oxygens (including phenoxy) is 1. The topological polar surface area (TPSA) is 29.5 Å². The smallest absolute Gasteiger partial charge is 0.0911 e. The lowest BCUT2D eigenvalue weighted by Gasteiger charge is -2.25. The highest BCUT2D eigenvalue weighted by Gasteiger charge is 2.23. The van der Waals surface area contributed by atoms with Gasteiger partial charge in [0.25, 0.3) is 0 Å². The van der Waals surface area contributed by atoms with E-state index in [0.717, 1.165) is 30.9 Å². The van der Waals surface area contributed by atoms with Crippen molar-refractivity contribution in [2.75, 3.05) is 13.2 Å². The molecule has 3 heteroatoms. The number of hydrogen-bond donors (Lipinski definition) is 1. The van der Waals surface area contributed by atoms with E-state index in [-0.39, 0.29) is 6.10 Å². The van der Waals surface area contributed by atoms with E-state index in [1.54, 1.807) is 11.3 Å². The molecule has 1 unspecified atom stereocenters. The van der Waals surface area contributed by atoms with Crippen molar-refractivity contribution in [2.24, 2.45) is 5.92 Å². The fourth-order valence-corrected chi connectivity index (χ4v) is 2.53. The number of thiophene rings is 1. The predicted molar refractivity (Wildman–Crippen MR) is 52.8 cm³/mol. The molecular weight excluding hydrogens is 184 g/mol. The third kappa shape index (κ3) is 2.10. The lowest BCUT2D eigenvalue weighted by molar-refractivity contribution is 0.00854. The molecule has 0 spiro atoms. The Morgan fingerprint density at radius 2 is 2.23 bits per heavy atom. The maximum atomic E-state index is 9.99. The Kier molecular flexibility index (Phi) is 2.98. The van der Waals surface area contributed by atoms with Gasteiger partial charge in [0.2, 0.25) is 0 Å². The van der Waals surface area contributed by atoms with Crippen molar-refractivity contribution in [3.8, 4) is 0 Å². The van der Waals surface area contributed by atoms with Gasteiger partial charge in [0.05, 0.1) is 6.10 Å². The molecule has 1 fully saturated rings. The molecule has 1 N–H and O–H groups in total. The van der Waals surface area contributed by atoms with E-state index >= 15 is 0 Å². The fraction of sp³-hybridized carbons (Fsp3) is 0.600. The Hall–Kier alpha value is -0.380. The summed E-state index contributed by atoms with van der Waals surface area (Å²) in [4.78, 5) is 1.09. The molecule has 1 atom stereocenters. The molecule has 1 aromatic rings. The molecule has 13 heavy (non-hydrogen) atoms. The van der Waals surface area contributed by atoms with Crippen LogP contribution in [0.4, 0.5) is 0 Å². The van der Waals surface area contributed by atoms with Gasteiger partial charge in [0.15, 0.2) is 0 Å². The largest absolute Gasteiger partial charge is 0.387 e. The van der Waals surface area contributed by atoms with Gasteiger partial charge in [-0.05, 0) is 30.2 Å². The average molecular weight is 198 g/mol. The second-order valence-corrected chi connectivity index (χ2v) is 4.39. The van der Waals surface area contributed by atoms with Crippen LogP contribution in [0.5, 0.6) is 0 Å². The summed E-state index contributed by atoms with van der Waals surface area (Å²) in [5.41, 5.74) is 0. The van der Waals surface area contributed by atoms with Crippen LogP contribution in [0.15, 0.2) is 17.5 Å². The van der Waals surface area contributed by atoms with Gasteiger partial charge in [-0.15, -0.1) is 11.3 Å². The Morgan fingerprint density at radius 1 is 1.46 bits per heavy atom. The maximum Gasteiger partial charge on any atom is 0.0911 e. The first-order valence-corrected chi connectivity index (χ1v) is 5.55. The van der Waals surface area contributed by atoms with E-state index in [9.17, 15) is 5.11 Å². The van der Waals surface area contributed by atoms with Crippen LogP contribution >= 0.6 is 11.3 Å². The van der Waals surface area contributed by atoms with Gasteiger partial charge >= 0.3 is 0 Å². The van der Waals surface area contributed by atoms with Gasteiger partial charge in [0, 0.05) is 18.1 Å². The third-order valence-electron chi connectivity index (χ3n) is 2.55. The average Bonchev–Trinajstić information content (AvgIpc) is 2.71. The number of rotatable bonds is 2. The van der Waals surface area contributed by atoms with Crippen molar-refractivity contribution in [2.45, 2.75) is 18.9 Å². The van der Waals surface area contributed by atoms with Gasteiger partial charge in [-0.25, -0.2) is 0 Å². The molecule has 2 nitrogen and oxygen atoms in total. The van der Waals surface area contributed by atoms with Crippen LogP contribution < -0.4 is 0 Å². The summed E-state index contributed by atoms with van der Waals surface area (Å²) in [6.45, 7) is 1.60. The van der Waals surface area contributed by atoms with E-state index in [2.05, 4.69) is 0 Å². The van der Waals surface area contributed by atoms with Gasteiger partial charge in [-0.1, -0.05) is 6.07 Å². The molecule has 1 aliphatic heterocycles. The Morgan fingerprint density at radius 3 is 2.85 bits per heavy atom. The minimum Gasteiger partial charge on any atom is -0.387 e. The van der Waals surface area contributed by atoms with Crippen LogP contribution in [0.25, 0.3) is 0 Å². The summed E-state index contributed by atoms with van der Waals surface area (Å²) in [6.07, 6.45) is 1.70. The minimum atomic E-state index is -0.274. The molecule has 72 valence electrons. The summed E-state index contributed by atoms with van der Waals surface area (Å²) in [5.74, 6) is 0.396. The van der Waals surface area contributed by atoms with Gasteiger partial charge < -0.3 is 9.84 Å². The van der Waals surface area contributed by atoms with Crippen molar-refractivity contribution in [3.63, 3.8) is 0 Å². The molecule has 1 aromatic heterocycles. The zero-order valence-corrected chi connectivity index (χ0v) is 8.30. The summed E-state index contributed by atoms with van der Waals surface area (Å²) in [6, 6.07) is 3.99. The van der Waals surface area contributed by atoms with E-state index in [1.807, 2.05) is 17.5 Å². The zero-order valence-electron chi connectivity index (χ0n) is 7.48. The number of hydrogen-bond acceptors (Lipinski definition) is 3. The Bertz CT molecular complexity index is 239. The van der Waals surface area contributed by atoms with Crippen molar-refractivity contribution in [3.05, 3.63) is 22.4 Å². The van der Waals surface area contributed by atoms with Crippen LogP contribution in [-0.4, -0.2) is 18.3 Å². The van der Waals surface area contributed by atoms with Crippen LogP contribution in [0.2, 0.25) is 0 Å². The molecule has 0 radical (unpaired) electrons. The van der Waals surface area contributed by atoms with E-state index in [4.69, 9.17) is 4.74 Å². The monoisotopic (exact) mass is 198 g/mol. The lowest BCUT2D eigenvalue weighted by atomic mass is 9.93. The Labute approximate surface area is 82.2 Å². The lowest BCUT2D eigenvalue weighted by Crippen LogP contribution is -2.21. The third-order valence-corrected chi connectivity index (χ3v) is 3.49. The molecule has 0 saturated carbocycles. The van der Waals surface area contributed by atoms with Gasteiger partial charge in [-0.2, -0.15) is 0 Å². The normalized spacial score (nSPS) is 21.6. The van der Waals surface area contributed by atoms with Crippen molar-refractivity contribution >= 4 is 11.3 Å². The van der Waals surface area contributed by atoms with Gasteiger partial charge in [-0.3, -0.25) is 0 Å². The molecule has 2 rings (SSSR count). The standard InChI is InChI=1S/C10H14O2S/c11-10(9-2-1-7-13-9)8-3-5-12-6-4-8/h1-2,7-8,10-11H,3-6H2. The molecular formula is C10H14O2S. The molecule has 1 aliphatic rings. The molecule has 0 amide bonds. The van der Waals surface area contributed by atoms with Crippen molar-refractivity contribution in [1.82, 2.24) is 0 Å². The maximum absolute atomic E-state index is 9.99. The molecule has 0 aliphatic carbocycles. The Balaban J connectivity index is 1.99. The first-order valence-electron chi connectivity index (χ1n) is 4.67. The summed E-state index contributed by atoms with van der Waals surface area (Å²) >= 11 is 1.63. The molecule has 0 bridgehead atoms. The first kappa shape index (κ1) is 9.19. The predicted octanol–water partition coefficient (Wildman–Crippen LogP) is 2.21. The second-order valence-electron chi connectivity index (χ2n) is 3.41. The van der Waals surface area contributed by atoms with Crippen LogP contribution in [0, 0.1) is 5.92 Å². The van der Waals surface area contributed by atoms with E-state index in [0.29, 0.717) is 5.92 Å². The van der Waals surface area contributed by atoms with Crippen LogP contribution in [-0.2, 0) is 4.74 Å². The fourth-order valence-electron chi connectivity index (χ4n) is 1.72. The summed E-state index contributed by atoms with van der Waals surface area (Å²) in [5, 5.41) is 12.0. The molecule has 0 aromatic carbocycles. The molecule has 2 heterocycles. The van der Waals surface area contributed by atoms with Crippen LogP contribution in [0.1, 0.15) is 23.8 Å². The zero-order chi connectivity index (χ0) is 9.10. The van der Waals surface area contributed by atoms with Crippen molar-refractivity contribution < 1.29 is 9.84 Å².